The standard InChI is InChI=1S/C23H27F/c1-2-3-16-4-12-22-19(14-16)5-6-20-15-18(9-13-23(20)22)17-7-10-21(24)11-8-17/h7-11,13,15-16,19,22H,2-6,12,14H2,1H3. The molecule has 2 aromatic rings. The highest BCUT2D eigenvalue weighted by Crippen LogP contribution is 2.48. The Morgan fingerprint density at radius 2 is 1.75 bits per heavy atom. The molecule has 1 fully saturated rings. The molecule has 0 bridgehead atoms. The number of aryl methyl sites for hydroxylation is 1. The van der Waals surface area contributed by atoms with E-state index < -0.39 is 0 Å². The van der Waals surface area contributed by atoms with Crippen molar-refractivity contribution < 1.29 is 4.39 Å². The van der Waals surface area contributed by atoms with Gasteiger partial charge in [-0.1, -0.05) is 50.1 Å². The Kier molecular flexibility index (Phi) is 4.43. The van der Waals surface area contributed by atoms with Gasteiger partial charge in [0.25, 0.3) is 0 Å². The summed E-state index contributed by atoms with van der Waals surface area (Å²) in [4.78, 5) is 0. The maximum atomic E-state index is 13.1. The van der Waals surface area contributed by atoms with Gasteiger partial charge in [0, 0.05) is 0 Å². The molecule has 0 radical (unpaired) electrons. The van der Waals surface area contributed by atoms with E-state index in [0.717, 1.165) is 23.3 Å². The van der Waals surface area contributed by atoms with Gasteiger partial charge in [-0.3, -0.25) is 0 Å². The van der Waals surface area contributed by atoms with Gasteiger partial charge in [-0.05, 0) is 84.2 Å². The van der Waals surface area contributed by atoms with Crippen molar-refractivity contribution >= 4 is 0 Å². The summed E-state index contributed by atoms with van der Waals surface area (Å²) in [6.45, 7) is 2.32. The maximum absolute atomic E-state index is 13.1. The summed E-state index contributed by atoms with van der Waals surface area (Å²) in [5.74, 6) is 2.49. The molecule has 2 aliphatic carbocycles. The number of benzene rings is 2. The van der Waals surface area contributed by atoms with Crippen molar-refractivity contribution in [3.8, 4) is 11.1 Å². The van der Waals surface area contributed by atoms with Crippen LogP contribution in [0.2, 0.25) is 0 Å². The maximum Gasteiger partial charge on any atom is 0.123 e. The van der Waals surface area contributed by atoms with Crippen molar-refractivity contribution in [1.29, 1.82) is 0 Å². The molecule has 3 atom stereocenters. The molecule has 1 heteroatoms. The van der Waals surface area contributed by atoms with E-state index in [0.29, 0.717) is 0 Å². The lowest BCUT2D eigenvalue weighted by Crippen LogP contribution is -2.28. The van der Waals surface area contributed by atoms with Gasteiger partial charge in [0.15, 0.2) is 0 Å². The van der Waals surface area contributed by atoms with Crippen LogP contribution >= 0.6 is 0 Å². The minimum atomic E-state index is -0.164. The second kappa shape index (κ2) is 6.70. The van der Waals surface area contributed by atoms with E-state index in [1.807, 2.05) is 12.1 Å². The minimum Gasteiger partial charge on any atom is -0.207 e. The van der Waals surface area contributed by atoms with Crippen LogP contribution in [0.4, 0.5) is 4.39 Å². The first kappa shape index (κ1) is 15.9. The molecule has 0 N–H and O–H groups in total. The Morgan fingerprint density at radius 1 is 0.958 bits per heavy atom. The van der Waals surface area contributed by atoms with Crippen LogP contribution in [0.3, 0.4) is 0 Å². The topological polar surface area (TPSA) is 0 Å². The molecule has 0 nitrogen and oxygen atoms in total. The fourth-order valence-electron chi connectivity index (χ4n) is 5.11. The first-order valence-corrected chi connectivity index (χ1v) is 9.63. The van der Waals surface area contributed by atoms with E-state index in [1.165, 1.54) is 56.1 Å². The SMILES string of the molecule is CCCC1CCC2c3ccc(-c4ccc(F)cc4)cc3CCC2C1. The summed E-state index contributed by atoms with van der Waals surface area (Å²) < 4.78 is 13.1. The van der Waals surface area contributed by atoms with Gasteiger partial charge in [0.1, 0.15) is 5.82 Å². The first-order valence-electron chi connectivity index (χ1n) is 9.63. The zero-order chi connectivity index (χ0) is 16.5. The predicted molar refractivity (Wildman–Crippen MR) is 98.6 cm³/mol. The summed E-state index contributed by atoms with van der Waals surface area (Å²) in [6.07, 6.45) is 9.54. The van der Waals surface area contributed by atoms with Crippen LogP contribution in [0.15, 0.2) is 42.5 Å². The zero-order valence-electron chi connectivity index (χ0n) is 14.6. The summed E-state index contributed by atoms with van der Waals surface area (Å²) in [6, 6.07) is 13.9. The number of hydrogen-bond acceptors (Lipinski definition) is 0. The average Bonchev–Trinajstić information content (AvgIpc) is 2.62. The van der Waals surface area contributed by atoms with E-state index in [4.69, 9.17) is 0 Å². The molecular formula is C23H27F. The molecule has 2 aromatic carbocycles. The van der Waals surface area contributed by atoms with Crippen molar-refractivity contribution in [2.24, 2.45) is 11.8 Å². The molecule has 2 aliphatic rings. The highest BCUT2D eigenvalue weighted by molar-refractivity contribution is 5.65. The van der Waals surface area contributed by atoms with Gasteiger partial charge < -0.3 is 0 Å². The number of fused-ring (bicyclic) bond motifs is 3. The lowest BCUT2D eigenvalue weighted by molar-refractivity contribution is 0.201. The van der Waals surface area contributed by atoms with Crippen LogP contribution < -0.4 is 0 Å². The Morgan fingerprint density at radius 3 is 2.54 bits per heavy atom. The Labute approximate surface area is 145 Å². The number of hydrogen-bond donors (Lipinski definition) is 0. The van der Waals surface area contributed by atoms with Crippen molar-refractivity contribution in [3.63, 3.8) is 0 Å². The average molecular weight is 322 g/mol. The van der Waals surface area contributed by atoms with Crippen LogP contribution in [0.1, 0.15) is 62.5 Å². The van der Waals surface area contributed by atoms with Crippen molar-refractivity contribution in [3.05, 3.63) is 59.4 Å². The van der Waals surface area contributed by atoms with Crippen molar-refractivity contribution in [1.82, 2.24) is 0 Å². The highest BCUT2D eigenvalue weighted by Gasteiger charge is 2.34. The molecule has 0 aromatic heterocycles. The van der Waals surface area contributed by atoms with Crippen LogP contribution in [0, 0.1) is 17.7 Å². The van der Waals surface area contributed by atoms with Gasteiger partial charge >= 0.3 is 0 Å². The van der Waals surface area contributed by atoms with E-state index in [-0.39, 0.29) is 5.82 Å². The summed E-state index contributed by atoms with van der Waals surface area (Å²) in [5, 5.41) is 0. The molecular weight excluding hydrogens is 295 g/mol. The monoisotopic (exact) mass is 322 g/mol. The van der Waals surface area contributed by atoms with E-state index in [1.54, 1.807) is 17.7 Å². The Hall–Kier alpha value is -1.63. The van der Waals surface area contributed by atoms with Crippen LogP contribution in [0.5, 0.6) is 0 Å². The first-order chi connectivity index (χ1) is 11.7. The molecule has 0 heterocycles. The Balaban J connectivity index is 1.58. The van der Waals surface area contributed by atoms with E-state index in [9.17, 15) is 4.39 Å². The van der Waals surface area contributed by atoms with Gasteiger partial charge in [0.2, 0.25) is 0 Å². The molecule has 0 saturated heterocycles. The van der Waals surface area contributed by atoms with Crippen molar-refractivity contribution in [2.45, 2.75) is 57.8 Å². The second-order valence-corrected chi connectivity index (χ2v) is 7.79. The quantitative estimate of drug-likeness (QED) is 0.587. The smallest absolute Gasteiger partial charge is 0.123 e. The third-order valence-corrected chi connectivity index (χ3v) is 6.29. The van der Waals surface area contributed by atoms with Crippen LogP contribution in [-0.4, -0.2) is 0 Å². The van der Waals surface area contributed by atoms with Crippen LogP contribution in [-0.2, 0) is 6.42 Å². The third kappa shape index (κ3) is 3.01. The third-order valence-electron chi connectivity index (χ3n) is 6.29. The van der Waals surface area contributed by atoms with E-state index in [2.05, 4.69) is 25.1 Å². The van der Waals surface area contributed by atoms with Gasteiger partial charge in [0.05, 0.1) is 0 Å². The Bertz CT molecular complexity index is 700. The lowest BCUT2D eigenvalue weighted by Gasteiger charge is -2.40. The molecule has 0 amide bonds. The molecule has 24 heavy (non-hydrogen) atoms. The van der Waals surface area contributed by atoms with Gasteiger partial charge in [-0.15, -0.1) is 0 Å². The minimum absolute atomic E-state index is 0.164. The van der Waals surface area contributed by atoms with Gasteiger partial charge in [-0.2, -0.15) is 0 Å². The predicted octanol–water partition coefficient (Wildman–Crippen LogP) is 6.74. The fraction of sp³-hybridized carbons (Fsp3) is 0.478. The van der Waals surface area contributed by atoms with Gasteiger partial charge in [-0.25, -0.2) is 4.39 Å². The molecule has 3 unspecified atom stereocenters. The molecule has 4 rings (SSSR count). The normalized spacial score (nSPS) is 25.8. The largest absolute Gasteiger partial charge is 0.207 e. The summed E-state index contributed by atoms with van der Waals surface area (Å²) in [7, 11) is 0. The second-order valence-electron chi connectivity index (χ2n) is 7.79. The molecule has 126 valence electrons. The molecule has 1 saturated carbocycles. The summed E-state index contributed by atoms with van der Waals surface area (Å²) in [5.41, 5.74) is 5.49. The summed E-state index contributed by atoms with van der Waals surface area (Å²) >= 11 is 0. The van der Waals surface area contributed by atoms with E-state index >= 15 is 0 Å². The zero-order valence-corrected chi connectivity index (χ0v) is 14.6. The molecule has 0 spiro atoms. The highest BCUT2D eigenvalue weighted by atomic mass is 19.1. The number of rotatable bonds is 3. The molecule has 0 aliphatic heterocycles. The number of halogens is 1. The van der Waals surface area contributed by atoms with Crippen LogP contribution in [0.25, 0.3) is 11.1 Å². The van der Waals surface area contributed by atoms with Crippen molar-refractivity contribution in [2.75, 3.05) is 0 Å². The lowest BCUT2D eigenvalue weighted by atomic mass is 9.64. The fourth-order valence-corrected chi connectivity index (χ4v) is 5.11.